The van der Waals surface area contributed by atoms with Gasteiger partial charge in [0.15, 0.2) is 0 Å². The average Bonchev–Trinajstić information content (AvgIpc) is 3.00. The van der Waals surface area contributed by atoms with Crippen molar-refractivity contribution >= 4 is 34.4 Å². The Labute approximate surface area is 180 Å². The molecule has 2 aromatic carbocycles. The van der Waals surface area contributed by atoms with Gasteiger partial charge in [-0.2, -0.15) is 0 Å². The monoisotopic (exact) mass is 420 g/mol. The van der Waals surface area contributed by atoms with Crippen molar-refractivity contribution in [2.45, 2.75) is 13.8 Å². The van der Waals surface area contributed by atoms with Crippen molar-refractivity contribution in [3.05, 3.63) is 82.6 Å². The van der Waals surface area contributed by atoms with Gasteiger partial charge in [-0.3, -0.25) is 24.6 Å². The van der Waals surface area contributed by atoms with Gasteiger partial charge in [0, 0.05) is 43.1 Å². The molecule has 1 heterocycles. The molecule has 2 aromatic rings. The van der Waals surface area contributed by atoms with E-state index in [-0.39, 0.29) is 23.5 Å². The Balaban J connectivity index is 1.99. The van der Waals surface area contributed by atoms with Crippen LogP contribution in [0.1, 0.15) is 19.4 Å². The first kappa shape index (κ1) is 21.8. The van der Waals surface area contributed by atoms with Crippen LogP contribution < -0.4 is 10.2 Å². The van der Waals surface area contributed by atoms with Gasteiger partial charge >= 0.3 is 0 Å². The van der Waals surface area contributed by atoms with Crippen LogP contribution in [0, 0.1) is 10.1 Å². The molecule has 0 atom stereocenters. The van der Waals surface area contributed by atoms with Crippen LogP contribution in [0.2, 0.25) is 0 Å². The number of nitrogens with one attached hydrogen (secondary N) is 1. The Morgan fingerprint density at radius 1 is 1.03 bits per heavy atom. The highest BCUT2D eigenvalue weighted by Gasteiger charge is 2.38. The molecule has 31 heavy (non-hydrogen) atoms. The van der Waals surface area contributed by atoms with E-state index in [1.165, 1.54) is 30.3 Å². The highest BCUT2D eigenvalue weighted by Crippen LogP contribution is 2.31. The molecule has 2 amide bonds. The Morgan fingerprint density at radius 2 is 1.65 bits per heavy atom. The Hall–Kier alpha value is -3.94. The van der Waals surface area contributed by atoms with E-state index in [9.17, 15) is 19.7 Å². The second kappa shape index (κ2) is 9.25. The molecule has 0 saturated heterocycles. The van der Waals surface area contributed by atoms with Crippen molar-refractivity contribution in [3.63, 3.8) is 0 Å². The number of imide groups is 1. The summed E-state index contributed by atoms with van der Waals surface area (Å²) < 4.78 is 0. The first-order chi connectivity index (χ1) is 14.9. The molecule has 0 bridgehead atoms. The maximum Gasteiger partial charge on any atom is 0.278 e. The molecule has 0 aromatic heterocycles. The number of carbonyl (C=O) groups excluding carboxylic acids is 2. The maximum atomic E-state index is 13.0. The standard InChI is InChI=1S/C23H24N4O4/c1-4-15-26-22(28)20(16-7-11-19(12-8-16)27(30)31)21(23(26)29)24-17-9-13-18(14-10-17)25(5-2)6-3/h4,7-14,24H,1,5-6,15H2,2-3H3. The molecule has 0 aliphatic carbocycles. The molecule has 0 radical (unpaired) electrons. The number of non-ortho nitro benzene ring substituents is 1. The number of nitrogens with zero attached hydrogens (tertiary/aromatic N) is 3. The molecular formula is C23H24N4O4. The van der Waals surface area contributed by atoms with Crippen molar-refractivity contribution in [2.75, 3.05) is 29.9 Å². The summed E-state index contributed by atoms with van der Waals surface area (Å²) in [5.41, 5.74) is 2.36. The van der Waals surface area contributed by atoms with Gasteiger partial charge in [0.2, 0.25) is 0 Å². The van der Waals surface area contributed by atoms with Crippen molar-refractivity contribution in [1.29, 1.82) is 0 Å². The Morgan fingerprint density at radius 3 is 2.16 bits per heavy atom. The zero-order valence-electron chi connectivity index (χ0n) is 17.5. The molecule has 1 N–H and O–H groups in total. The van der Waals surface area contributed by atoms with E-state index in [1.807, 2.05) is 24.3 Å². The molecule has 0 saturated carbocycles. The van der Waals surface area contributed by atoms with Crippen LogP contribution >= 0.6 is 0 Å². The third-order valence-electron chi connectivity index (χ3n) is 5.11. The number of carbonyl (C=O) groups is 2. The molecule has 0 fully saturated rings. The number of rotatable bonds is 9. The Kier molecular flexibility index (Phi) is 6.49. The summed E-state index contributed by atoms with van der Waals surface area (Å²) in [7, 11) is 0. The fraction of sp³-hybridized carbons (Fsp3) is 0.217. The summed E-state index contributed by atoms with van der Waals surface area (Å²) in [4.78, 5) is 39.6. The smallest absolute Gasteiger partial charge is 0.278 e. The number of nitro benzene ring substituents is 1. The summed E-state index contributed by atoms with van der Waals surface area (Å²) in [6.07, 6.45) is 1.48. The first-order valence-electron chi connectivity index (χ1n) is 9.99. The van der Waals surface area contributed by atoms with Crippen molar-refractivity contribution in [1.82, 2.24) is 4.90 Å². The van der Waals surface area contributed by atoms with Crippen LogP contribution in [0.25, 0.3) is 5.57 Å². The number of hydrogen-bond donors (Lipinski definition) is 1. The number of hydrogen-bond acceptors (Lipinski definition) is 6. The number of nitro groups is 1. The topological polar surface area (TPSA) is 95.8 Å². The van der Waals surface area contributed by atoms with Gasteiger partial charge < -0.3 is 10.2 Å². The molecule has 1 aliphatic heterocycles. The summed E-state index contributed by atoms with van der Waals surface area (Å²) in [5.74, 6) is -0.938. The highest BCUT2D eigenvalue weighted by molar-refractivity contribution is 6.36. The summed E-state index contributed by atoms with van der Waals surface area (Å²) >= 11 is 0. The lowest BCUT2D eigenvalue weighted by Gasteiger charge is -2.21. The van der Waals surface area contributed by atoms with E-state index >= 15 is 0 Å². The maximum absolute atomic E-state index is 13.0. The Bertz CT molecular complexity index is 1040. The lowest BCUT2D eigenvalue weighted by molar-refractivity contribution is -0.384. The third-order valence-corrected chi connectivity index (χ3v) is 5.11. The number of benzene rings is 2. The van der Waals surface area contributed by atoms with Crippen molar-refractivity contribution < 1.29 is 14.5 Å². The minimum Gasteiger partial charge on any atom is -0.372 e. The molecular weight excluding hydrogens is 396 g/mol. The van der Waals surface area contributed by atoms with E-state index < -0.39 is 16.7 Å². The second-order valence-electron chi connectivity index (χ2n) is 6.91. The fourth-order valence-electron chi connectivity index (χ4n) is 3.49. The van der Waals surface area contributed by atoms with E-state index in [0.717, 1.165) is 23.7 Å². The minimum atomic E-state index is -0.513. The normalized spacial score (nSPS) is 13.5. The molecule has 0 unspecified atom stereocenters. The highest BCUT2D eigenvalue weighted by atomic mass is 16.6. The van der Waals surface area contributed by atoms with Gasteiger partial charge in [0.05, 0.1) is 10.5 Å². The van der Waals surface area contributed by atoms with Crippen LogP contribution in [0.4, 0.5) is 17.1 Å². The van der Waals surface area contributed by atoms with Gasteiger partial charge in [-0.1, -0.05) is 6.08 Å². The molecule has 3 rings (SSSR count). The predicted octanol–water partition coefficient (Wildman–Crippen LogP) is 3.82. The van der Waals surface area contributed by atoms with Crippen molar-refractivity contribution in [3.8, 4) is 0 Å². The van der Waals surface area contributed by atoms with Crippen LogP contribution in [0.5, 0.6) is 0 Å². The predicted molar refractivity (Wildman–Crippen MR) is 121 cm³/mol. The van der Waals surface area contributed by atoms with Crippen molar-refractivity contribution in [2.24, 2.45) is 0 Å². The van der Waals surface area contributed by atoms with Gasteiger partial charge in [0.25, 0.3) is 17.5 Å². The summed E-state index contributed by atoms with van der Waals surface area (Å²) in [6.45, 7) is 9.59. The lowest BCUT2D eigenvalue weighted by atomic mass is 10.0. The summed E-state index contributed by atoms with van der Waals surface area (Å²) in [5, 5.41) is 14.0. The lowest BCUT2D eigenvalue weighted by Crippen LogP contribution is -2.32. The van der Waals surface area contributed by atoms with Gasteiger partial charge in [-0.05, 0) is 55.8 Å². The fourth-order valence-corrected chi connectivity index (χ4v) is 3.49. The zero-order chi connectivity index (χ0) is 22.5. The van der Waals surface area contributed by atoms with Crippen LogP contribution in [0.15, 0.2) is 66.9 Å². The molecule has 160 valence electrons. The zero-order valence-corrected chi connectivity index (χ0v) is 17.5. The summed E-state index contributed by atoms with van der Waals surface area (Å²) in [6, 6.07) is 13.2. The third kappa shape index (κ3) is 4.32. The average molecular weight is 420 g/mol. The quantitative estimate of drug-likeness (QED) is 0.287. The second-order valence-corrected chi connectivity index (χ2v) is 6.91. The van der Waals surface area contributed by atoms with E-state index in [1.54, 1.807) is 0 Å². The minimum absolute atomic E-state index is 0.0697. The molecule has 0 spiro atoms. The van der Waals surface area contributed by atoms with Gasteiger partial charge in [0.1, 0.15) is 5.70 Å². The van der Waals surface area contributed by atoms with Crippen LogP contribution in [0.3, 0.4) is 0 Å². The molecule has 8 heteroatoms. The SMILES string of the molecule is C=CCN1C(=O)C(Nc2ccc(N(CC)CC)cc2)=C(c2ccc([N+](=O)[O-])cc2)C1=O. The van der Waals surface area contributed by atoms with Crippen LogP contribution in [-0.2, 0) is 9.59 Å². The first-order valence-corrected chi connectivity index (χ1v) is 9.99. The number of anilines is 2. The van der Waals surface area contributed by atoms with E-state index in [2.05, 4.69) is 30.6 Å². The van der Waals surface area contributed by atoms with Crippen LogP contribution in [-0.4, -0.2) is 41.3 Å². The molecule has 1 aliphatic rings. The van der Waals surface area contributed by atoms with Gasteiger partial charge in [-0.25, -0.2) is 0 Å². The molecule has 8 nitrogen and oxygen atoms in total. The number of amides is 2. The van der Waals surface area contributed by atoms with E-state index in [0.29, 0.717) is 11.3 Å². The van der Waals surface area contributed by atoms with E-state index in [4.69, 9.17) is 0 Å². The largest absolute Gasteiger partial charge is 0.372 e. The van der Waals surface area contributed by atoms with Gasteiger partial charge in [-0.15, -0.1) is 6.58 Å².